The summed E-state index contributed by atoms with van der Waals surface area (Å²) in [5.41, 5.74) is 6.29. The molecule has 0 aliphatic carbocycles. The van der Waals surface area contributed by atoms with E-state index in [0.717, 1.165) is 23.4 Å². The lowest BCUT2D eigenvalue weighted by molar-refractivity contribution is -0.0593. The number of aromatic nitrogens is 2. The van der Waals surface area contributed by atoms with E-state index in [-0.39, 0.29) is 23.9 Å². The Bertz CT molecular complexity index is 1030. The molecule has 2 N–H and O–H groups in total. The van der Waals surface area contributed by atoms with Gasteiger partial charge in [-0.1, -0.05) is 0 Å². The standard InChI is InChI=1S/C18H25N5O4S/c1-11-13(10-21-5-4-20-17(21)19)28-16-14(11)15(24)22(6-8-26-2)18(25)23(16)9-12-3-7-27-12/h12H,3-10H2,1-2H3,(H2,19,20). The number of aryl methyl sites for hydroxylation is 1. The number of aliphatic imine (C=N–C) groups is 1. The Hall–Kier alpha value is -2.17. The number of methoxy groups -OCH3 is 1. The van der Waals surface area contributed by atoms with Gasteiger partial charge >= 0.3 is 5.69 Å². The summed E-state index contributed by atoms with van der Waals surface area (Å²) >= 11 is 1.49. The molecule has 4 heterocycles. The molecule has 0 bridgehead atoms. The van der Waals surface area contributed by atoms with Gasteiger partial charge in [0.2, 0.25) is 0 Å². The van der Waals surface area contributed by atoms with E-state index in [9.17, 15) is 9.59 Å². The Labute approximate surface area is 166 Å². The quantitative estimate of drug-likeness (QED) is 0.698. The van der Waals surface area contributed by atoms with E-state index in [1.54, 1.807) is 11.7 Å². The van der Waals surface area contributed by atoms with Gasteiger partial charge in [0, 0.05) is 25.1 Å². The second-order valence-electron chi connectivity index (χ2n) is 7.12. The first kappa shape index (κ1) is 19.2. The third-order valence-corrected chi connectivity index (χ3v) is 6.69. The van der Waals surface area contributed by atoms with Crippen molar-refractivity contribution in [1.29, 1.82) is 0 Å². The maximum absolute atomic E-state index is 13.1. The minimum Gasteiger partial charge on any atom is -0.383 e. The molecule has 2 aliphatic rings. The molecule has 4 rings (SSSR count). The van der Waals surface area contributed by atoms with Crippen LogP contribution in [0.25, 0.3) is 10.2 Å². The van der Waals surface area contributed by atoms with Crippen LogP contribution in [0.5, 0.6) is 0 Å². The van der Waals surface area contributed by atoms with E-state index in [1.807, 2.05) is 11.8 Å². The smallest absolute Gasteiger partial charge is 0.332 e. The Balaban J connectivity index is 1.83. The Morgan fingerprint density at radius 3 is 2.75 bits per heavy atom. The molecule has 0 radical (unpaired) electrons. The Kier molecular flexibility index (Phi) is 5.26. The van der Waals surface area contributed by atoms with E-state index in [0.29, 0.717) is 49.0 Å². The van der Waals surface area contributed by atoms with Crippen molar-refractivity contribution in [2.24, 2.45) is 10.7 Å². The van der Waals surface area contributed by atoms with Crippen LogP contribution in [0.4, 0.5) is 0 Å². The van der Waals surface area contributed by atoms with Crippen LogP contribution in [0.15, 0.2) is 14.6 Å². The number of fused-ring (bicyclic) bond motifs is 1. The molecule has 2 aliphatic heterocycles. The zero-order chi connectivity index (χ0) is 19.8. The second-order valence-corrected chi connectivity index (χ2v) is 8.20. The maximum Gasteiger partial charge on any atom is 0.332 e. The number of hydrogen-bond acceptors (Lipinski definition) is 8. The molecule has 1 atom stereocenters. The van der Waals surface area contributed by atoms with Gasteiger partial charge in [-0.25, -0.2) is 4.79 Å². The Morgan fingerprint density at radius 1 is 1.36 bits per heavy atom. The molecule has 0 aromatic carbocycles. The van der Waals surface area contributed by atoms with Crippen LogP contribution in [-0.4, -0.2) is 59.5 Å². The van der Waals surface area contributed by atoms with Gasteiger partial charge in [-0.2, -0.15) is 0 Å². The molecule has 1 unspecified atom stereocenters. The van der Waals surface area contributed by atoms with E-state index >= 15 is 0 Å². The summed E-state index contributed by atoms with van der Waals surface area (Å²) in [6, 6.07) is 0. The minimum absolute atomic E-state index is 0.0153. The number of guanidine groups is 1. The zero-order valence-electron chi connectivity index (χ0n) is 16.1. The van der Waals surface area contributed by atoms with Crippen LogP contribution >= 0.6 is 11.3 Å². The fourth-order valence-corrected chi connectivity index (χ4v) is 4.91. The van der Waals surface area contributed by atoms with Gasteiger partial charge in [0.1, 0.15) is 4.83 Å². The lowest BCUT2D eigenvalue weighted by atomic mass is 10.2. The predicted octanol–water partition coefficient (Wildman–Crippen LogP) is 0.0987. The third-order valence-electron chi connectivity index (χ3n) is 5.39. The first-order valence-corrected chi connectivity index (χ1v) is 10.2. The number of nitrogens with two attached hydrogens (primary N) is 1. The van der Waals surface area contributed by atoms with Gasteiger partial charge in [-0.3, -0.25) is 18.9 Å². The average molecular weight is 407 g/mol. The fourth-order valence-electron chi connectivity index (χ4n) is 3.60. The van der Waals surface area contributed by atoms with E-state index in [2.05, 4.69) is 4.99 Å². The van der Waals surface area contributed by atoms with Crippen LogP contribution in [0.2, 0.25) is 0 Å². The number of nitrogens with zero attached hydrogens (tertiary/aromatic N) is 4. The van der Waals surface area contributed by atoms with Crippen molar-refractivity contribution >= 4 is 27.5 Å². The van der Waals surface area contributed by atoms with Crippen LogP contribution < -0.4 is 17.0 Å². The van der Waals surface area contributed by atoms with Crippen LogP contribution in [0.3, 0.4) is 0 Å². The Morgan fingerprint density at radius 2 is 2.14 bits per heavy atom. The molecular weight excluding hydrogens is 382 g/mol. The SMILES string of the molecule is COCCn1c(=O)c2c(C)c(CN3CCN=C3N)sc2n(CC2CCO2)c1=O. The van der Waals surface area contributed by atoms with E-state index < -0.39 is 0 Å². The molecule has 28 heavy (non-hydrogen) atoms. The fraction of sp³-hybridized carbons (Fsp3) is 0.611. The van der Waals surface area contributed by atoms with Gasteiger partial charge in [-0.15, -0.1) is 11.3 Å². The maximum atomic E-state index is 13.1. The summed E-state index contributed by atoms with van der Waals surface area (Å²) < 4.78 is 13.6. The number of hydrogen-bond donors (Lipinski definition) is 1. The summed E-state index contributed by atoms with van der Waals surface area (Å²) in [5, 5.41) is 0.602. The van der Waals surface area contributed by atoms with Crippen molar-refractivity contribution in [3.63, 3.8) is 0 Å². The molecular formula is C18H25N5O4S. The molecule has 10 heteroatoms. The van der Waals surface area contributed by atoms with Crippen molar-refractivity contribution in [2.75, 3.05) is 33.4 Å². The molecule has 2 aromatic rings. The highest BCUT2D eigenvalue weighted by atomic mass is 32.1. The molecule has 0 amide bonds. The third kappa shape index (κ3) is 3.25. The molecule has 9 nitrogen and oxygen atoms in total. The van der Waals surface area contributed by atoms with E-state index in [1.165, 1.54) is 15.9 Å². The summed E-state index contributed by atoms with van der Waals surface area (Å²) in [4.78, 5) is 34.2. The number of thiophene rings is 1. The van der Waals surface area contributed by atoms with Gasteiger partial charge in [0.15, 0.2) is 5.96 Å². The molecule has 152 valence electrons. The normalized spacial score (nSPS) is 19.3. The largest absolute Gasteiger partial charge is 0.383 e. The average Bonchev–Trinajstić information content (AvgIpc) is 3.17. The van der Waals surface area contributed by atoms with Crippen LogP contribution in [0.1, 0.15) is 16.9 Å². The monoisotopic (exact) mass is 407 g/mol. The second kappa shape index (κ2) is 7.69. The van der Waals surface area contributed by atoms with Gasteiger partial charge in [0.25, 0.3) is 5.56 Å². The van der Waals surface area contributed by atoms with Crippen molar-refractivity contribution in [3.8, 4) is 0 Å². The molecule has 1 fully saturated rings. The van der Waals surface area contributed by atoms with Crippen molar-refractivity contribution in [2.45, 2.75) is 39.1 Å². The summed E-state index contributed by atoms with van der Waals surface area (Å²) in [5.74, 6) is 0.523. The molecule has 1 saturated heterocycles. The minimum atomic E-state index is -0.305. The van der Waals surface area contributed by atoms with Gasteiger partial charge in [0.05, 0.1) is 44.3 Å². The zero-order valence-corrected chi connectivity index (χ0v) is 17.0. The lowest BCUT2D eigenvalue weighted by Crippen LogP contribution is -2.43. The summed E-state index contributed by atoms with van der Waals surface area (Å²) in [6.07, 6.45) is 0.935. The number of rotatable bonds is 7. The summed E-state index contributed by atoms with van der Waals surface area (Å²) in [7, 11) is 1.56. The van der Waals surface area contributed by atoms with Crippen molar-refractivity contribution < 1.29 is 9.47 Å². The van der Waals surface area contributed by atoms with Crippen molar-refractivity contribution in [1.82, 2.24) is 14.0 Å². The highest BCUT2D eigenvalue weighted by molar-refractivity contribution is 7.18. The highest BCUT2D eigenvalue weighted by Crippen LogP contribution is 2.30. The van der Waals surface area contributed by atoms with Gasteiger partial charge < -0.3 is 20.1 Å². The van der Waals surface area contributed by atoms with Gasteiger partial charge in [-0.05, 0) is 18.9 Å². The number of ether oxygens (including phenoxy) is 2. The summed E-state index contributed by atoms with van der Waals surface area (Å²) in [6.45, 7) is 5.68. The first-order chi connectivity index (χ1) is 13.5. The lowest BCUT2D eigenvalue weighted by Gasteiger charge is -2.27. The van der Waals surface area contributed by atoms with Crippen LogP contribution in [0, 0.1) is 6.92 Å². The van der Waals surface area contributed by atoms with Crippen LogP contribution in [-0.2, 0) is 29.1 Å². The topological polar surface area (TPSA) is 104 Å². The van der Waals surface area contributed by atoms with E-state index in [4.69, 9.17) is 15.2 Å². The van der Waals surface area contributed by atoms with Crippen molar-refractivity contribution in [3.05, 3.63) is 31.3 Å². The highest BCUT2D eigenvalue weighted by Gasteiger charge is 2.26. The first-order valence-electron chi connectivity index (χ1n) is 9.42. The molecule has 0 saturated carbocycles. The predicted molar refractivity (Wildman–Crippen MR) is 108 cm³/mol. The molecule has 0 spiro atoms. The molecule has 2 aromatic heterocycles.